The molecule has 0 spiro atoms. The van der Waals surface area contributed by atoms with Gasteiger partial charge >= 0.3 is 11.9 Å². The summed E-state index contributed by atoms with van der Waals surface area (Å²) in [6, 6.07) is 23.2. The summed E-state index contributed by atoms with van der Waals surface area (Å²) in [7, 11) is 1.35. The molecule has 0 fully saturated rings. The Morgan fingerprint density at radius 2 is 1.61 bits per heavy atom. The fraction of sp³-hybridized carbons (Fsp3) is 0.242. The van der Waals surface area contributed by atoms with Crippen LogP contribution >= 0.6 is 0 Å². The van der Waals surface area contributed by atoms with E-state index in [1.165, 1.54) is 12.7 Å². The van der Waals surface area contributed by atoms with Crippen molar-refractivity contribution in [3.05, 3.63) is 112 Å². The van der Waals surface area contributed by atoms with Crippen molar-refractivity contribution in [2.24, 2.45) is 0 Å². The number of aromatic nitrogens is 1. The van der Waals surface area contributed by atoms with Gasteiger partial charge in [0.05, 0.1) is 29.4 Å². The molecule has 5 rings (SSSR count). The Hall–Kier alpha value is -4.25. The van der Waals surface area contributed by atoms with E-state index in [0.717, 1.165) is 51.7 Å². The molecule has 5 nitrogen and oxygen atoms in total. The number of pyridine rings is 1. The molecule has 0 unspecified atom stereocenters. The summed E-state index contributed by atoms with van der Waals surface area (Å²) >= 11 is 0. The number of fused-ring (bicyclic) bond motifs is 2. The molecule has 1 aliphatic rings. The van der Waals surface area contributed by atoms with Gasteiger partial charge in [0, 0.05) is 5.39 Å². The van der Waals surface area contributed by atoms with Crippen LogP contribution in [-0.2, 0) is 27.9 Å². The van der Waals surface area contributed by atoms with Crippen molar-refractivity contribution in [2.45, 2.75) is 45.6 Å². The molecule has 0 saturated heterocycles. The molecule has 38 heavy (non-hydrogen) atoms. The number of hydrogen-bond donors (Lipinski definition) is 0. The standard InChI is InChI=1S/C33H31NO4/c1-33(2,3)25-16-11-21(12-17-25)19-24-15-18-27-29(26-7-5-6-8-28(26)34-30(24)27)32(36)38-20-22-9-13-23(14-10-22)31(35)37-4/h5-14,16-17,19H,15,18,20H2,1-4H3/b24-19+. The Labute approximate surface area is 223 Å². The highest BCUT2D eigenvalue weighted by molar-refractivity contribution is 6.07. The van der Waals surface area contributed by atoms with E-state index < -0.39 is 5.97 Å². The molecule has 0 atom stereocenters. The Kier molecular flexibility index (Phi) is 6.85. The van der Waals surface area contributed by atoms with Crippen LogP contribution in [0.1, 0.15) is 75.9 Å². The first-order chi connectivity index (χ1) is 18.2. The van der Waals surface area contributed by atoms with Gasteiger partial charge in [-0.2, -0.15) is 0 Å². The third kappa shape index (κ3) is 5.10. The van der Waals surface area contributed by atoms with Gasteiger partial charge in [0.1, 0.15) is 6.61 Å². The maximum absolute atomic E-state index is 13.5. The van der Waals surface area contributed by atoms with Crippen LogP contribution in [0.25, 0.3) is 22.6 Å². The molecule has 0 N–H and O–H groups in total. The zero-order valence-corrected chi connectivity index (χ0v) is 22.2. The summed E-state index contributed by atoms with van der Waals surface area (Å²) in [5, 5.41) is 0.799. The second-order valence-corrected chi connectivity index (χ2v) is 10.6. The van der Waals surface area contributed by atoms with E-state index in [1.54, 1.807) is 24.3 Å². The fourth-order valence-corrected chi connectivity index (χ4v) is 4.87. The third-order valence-electron chi connectivity index (χ3n) is 7.01. The maximum Gasteiger partial charge on any atom is 0.339 e. The summed E-state index contributed by atoms with van der Waals surface area (Å²) in [6.07, 6.45) is 3.73. The van der Waals surface area contributed by atoms with Gasteiger partial charge in [-0.1, -0.05) is 75.4 Å². The van der Waals surface area contributed by atoms with Crippen LogP contribution in [0.4, 0.5) is 0 Å². The molecule has 0 radical (unpaired) electrons. The third-order valence-corrected chi connectivity index (χ3v) is 7.01. The maximum atomic E-state index is 13.5. The first kappa shape index (κ1) is 25.4. The number of ether oxygens (including phenoxy) is 2. The van der Waals surface area contributed by atoms with E-state index in [-0.39, 0.29) is 18.0 Å². The van der Waals surface area contributed by atoms with E-state index in [1.807, 2.05) is 24.3 Å². The predicted molar refractivity (Wildman–Crippen MR) is 150 cm³/mol. The minimum Gasteiger partial charge on any atom is -0.465 e. The number of carbonyl (C=O) groups excluding carboxylic acids is 2. The van der Waals surface area contributed by atoms with Crippen molar-refractivity contribution in [3.63, 3.8) is 0 Å². The minimum absolute atomic E-state index is 0.102. The van der Waals surface area contributed by atoms with Gasteiger partial charge in [-0.3, -0.25) is 0 Å². The Bertz CT molecular complexity index is 1540. The van der Waals surface area contributed by atoms with Gasteiger partial charge in [0.2, 0.25) is 0 Å². The highest BCUT2D eigenvalue weighted by atomic mass is 16.5. The Morgan fingerprint density at radius 3 is 2.29 bits per heavy atom. The van der Waals surface area contributed by atoms with Crippen LogP contribution in [0.2, 0.25) is 0 Å². The number of methoxy groups -OCH3 is 1. The summed E-state index contributed by atoms with van der Waals surface area (Å²) in [4.78, 5) is 30.1. The second-order valence-electron chi connectivity index (χ2n) is 10.6. The SMILES string of the molecule is COC(=O)c1ccc(COC(=O)c2c3c(nc4ccccc24)/C(=C/c2ccc(C(C)(C)C)cc2)CC3)cc1. The van der Waals surface area contributed by atoms with Crippen molar-refractivity contribution in [3.8, 4) is 0 Å². The number of carbonyl (C=O) groups is 2. The monoisotopic (exact) mass is 505 g/mol. The number of esters is 2. The topological polar surface area (TPSA) is 65.5 Å². The lowest BCUT2D eigenvalue weighted by molar-refractivity contribution is 0.0472. The number of allylic oxidation sites excluding steroid dienone is 1. The van der Waals surface area contributed by atoms with Crippen molar-refractivity contribution in [1.29, 1.82) is 0 Å². The van der Waals surface area contributed by atoms with Crippen LogP contribution in [0.3, 0.4) is 0 Å². The molecular weight excluding hydrogens is 474 g/mol. The largest absolute Gasteiger partial charge is 0.465 e. The first-order valence-corrected chi connectivity index (χ1v) is 12.8. The van der Waals surface area contributed by atoms with E-state index in [2.05, 4.69) is 51.1 Å². The van der Waals surface area contributed by atoms with E-state index in [9.17, 15) is 9.59 Å². The van der Waals surface area contributed by atoms with Crippen molar-refractivity contribution in [2.75, 3.05) is 7.11 Å². The van der Waals surface area contributed by atoms with Gasteiger partial charge in [0.25, 0.3) is 0 Å². The second kappa shape index (κ2) is 10.3. The molecule has 192 valence electrons. The summed E-state index contributed by atoms with van der Waals surface area (Å²) < 4.78 is 10.5. The van der Waals surface area contributed by atoms with Crippen LogP contribution in [0.15, 0.2) is 72.8 Å². The number of rotatable bonds is 5. The predicted octanol–water partition coefficient (Wildman–Crippen LogP) is 7.16. The smallest absolute Gasteiger partial charge is 0.339 e. The lowest BCUT2D eigenvalue weighted by Crippen LogP contribution is -2.11. The van der Waals surface area contributed by atoms with Crippen molar-refractivity contribution in [1.82, 2.24) is 4.98 Å². The van der Waals surface area contributed by atoms with Gasteiger partial charge < -0.3 is 9.47 Å². The van der Waals surface area contributed by atoms with Gasteiger partial charge in [-0.15, -0.1) is 0 Å². The molecule has 1 aromatic heterocycles. The highest BCUT2D eigenvalue weighted by Crippen LogP contribution is 2.38. The molecule has 0 aliphatic heterocycles. The summed E-state index contributed by atoms with van der Waals surface area (Å²) in [5.41, 5.74) is 8.06. The molecule has 4 aromatic rings. The zero-order valence-electron chi connectivity index (χ0n) is 22.2. The molecule has 5 heteroatoms. The number of benzene rings is 3. The van der Waals surface area contributed by atoms with E-state index in [4.69, 9.17) is 14.5 Å². The molecule has 0 saturated carbocycles. The van der Waals surface area contributed by atoms with Crippen LogP contribution < -0.4 is 0 Å². The normalized spacial score (nSPS) is 13.9. The van der Waals surface area contributed by atoms with Crippen LogP contribution in [0, 0.1) is 0 Å². The zero-order chi connectivity index (χ0) is 26.9. The highest BCUT2D eigenvalue weighted by Gasteiger charge is 2.27. The quantitative estimate of drug-likeness (QED) is 0.269. The number of nitrogens with zero attached hydrogens (tertiary/aromatic N) is 1. The molecule has 1 aliphatic carbocycles. The fourth-order valence-electron chi connectivity index (χ4n) is 4.87. The molecule has 3 aromatic carbocycles. The van der Waals surface area contributed by atoms with Crippen molar-refractivity contribution >= 4 is 34.5 Å². The summed E-state index contributed by atoms with van der Waals surface area (Å²) in [6.45, 7) is 6.73. The van der Waals surface area contributed by atoms with Gasteiger partial charge in [-0.25, -0.2) is 14.6 Å². The number of para-hydroxylation sites is 1. The van der Waals surface area contributed by atoms with Gasteiger partial charge in [0.15, 0.2) is 0 Å². The van der Waals surface area contributed by atoms with E-state index >= 15 is 0 Å². The van der Waals surface area contributed by atoms with E-state index in [0.29, 0.717) is 11.1 Å². The average molecular weight is 506 g/mol. The van der Waals surface area contributed by atoms with Crippen LogP contribution in [-0.4, -0.2) is 24.0 Å². The van der Waals surface area contributed by atoms with Crippen molar-refractivity contribution < 1.29 is 19.1 Å². The first-order valence-electron chi connectivity index (χ1n) is 12.8. The average Bonchev–Trinajstić information content (AvgIpc) is 3.31. The molecular formula is C33H31NO4. The minimum atomic E-state index is -0.402. The Balaban J connectivity index is 1.45. The Morgan fingerprint density at radius 1 is 0.895 bits per heavy atom. The molecule has 0 bridgehead atoms. The summed E-state index contributed by atoms with van der Waals surface area (Å²) in [5.74, 6) is -0.769. The number of hydrogen-bond acceptors (Lipinski definition) is 5. The van der Waals surface area contributed by atoms with Crippen LogP contribution in [0.5, 0.6) is 0 Å². The molecule has 1 heterocycles. The van der Waals surface area contributed by atoms with Gasteiger partial charge in [-0.05, 0) is 70.4 Å². The lowest BCUT2D eigenvalue weighted by Gasteiger charge is -2.18. The molecule has 0 amide bonds. The lowest BCUT2D eigenvalue weighted by atomic mass is 9.86.